The molecule has 10 rings (SSSR count). The van der Waals surface area contributed by atoms with Gasteiger partial charge < -0.3 is 9.32 Å². The maximum Gasteiger partial charge on any atom is 0.143 e. The SMILES string of the molecule is CC1(C)c2ccccc2-c2ccc(N(c3ccc4c(ccc5c6ccccc6oc45)c3)c3ccc4c(c3)sc3ccccc34)cc21. The lowest BCUT2D eigenvalue weighted by Crippen LogP contribution is -2.16. The van der Waals surface area contributed by atoms with Crippen LogP contribution in [0.4, 0.5) is 17.1 Å². The lowest BCUT2D eigenvalue weighted by molar-refractivity contribution is 0.660. The number of fused-ring (bicyclic) bond motifs is 11. The molecule has 0 radical (unpaired) electrons. The van der Waals surface area contributed by atoms with Gasteiger partial charge in [-0.05, 0) is 88.3 Å². The summed E-state index contributed by atoms with van der Waals surface area (Å²) in [6.45, 7) is 4.70. The first-order valence-electron chi connectivity index (χ1n) is 15.8. The summed E-state index contributed by atoms with van der Waals surface area (Å²) in [7, 11) is 0. The average Bonchev–Trinajstić information content (AvgIpc) is 3.73. The van der Waals surface area contributed by atoms with Crippen molar-refractivity contribution < 1.29 is 4.42 Å². The molecule has 0 unspecified atom stereocenters. The molecule has 1 aliphatic carbocycles. The zero-order valence-electron chi connectivity index (χ0n) is 25.5. The van der Waals surface area contributed by atoms with Gasteiger partial charge >= 0.3 is 0 Å². The number of hydrogen-bond donors (Lipinski definition) is 0. The van der Waals surface area contributed by atoms with Crippen molar-refractivity contribution in [2.75, 3.05) is 4.90 Å². The number of anilines is 3. The van der Waals surface area contributed by atoms with Crippen molar-refractivity contribution >= 4 is 81.3 Å². The molecule has 0 atom stereocenters. The van der Waals surface area contributed by atoms with E-state index in [-0.39, 0.29) is 5.41 Å². The normalized spacial score (nSPS) is 13.6. The van der Waals surface area contributed by atoms with Crippen molar-refractivity contribution in [3.63, 3.8) is 0 Å². The molecule has 0 bridgehead atoms. The van der Waals surface area contributed by atoms with E-state index in [0.717, 1.165) is 49.8 Å². The summed E-state index contributed by atoms with van der Waals surface area (Å²) in [5.41, 5.74) is 10.6. The standard InChI is InChI=1S/C43H29NOS/c1-43(2)37-12-6-3-9-31(37)32-21-17-28(24-38(32)43)44(29-18-22-35-34-11-5-8-14-40(34)46-41(35)25-29)27-16-20-30-26(23-27)15-19-36-33-10-4-7-13-39(33)45-42(30)36/h3-25H,1-2H3. The summed E-state index contributed by atoms with van der Waals surface area (Å²) in [6, 6.07) is 51.1. The van der Waals surface area contributed by atoms with Gasteiger partial charge in [0.05, 0.1) is 0 Å². The van der Waals surface area contributed by atoms with Crippen LogP contribution in [-0.2, 0) is 5.41 Å². The third-order valence-corrected chi connectivity index (χ3v) is 11.2. The summed E-state index contributed by atoms with van der Waals surface area (Å²) in [5.74, 6) is 0. The molecule has 0 saturated carbocycles. The van der Waals surface area contributed by atoms with Gasteiger partial charge in [-0.3, -0.25) is 0 Å². The van der Waals surface area contributed by atoms with E-state index in [4.69, 9.17) is 4.42 Å². The highest BCUT2D eigenvalue weighted by Gasteiger charge is 2.35. The highest BCUT2D eigenvalue weighted by atomic mass is 32.1. The molecule has 0 aliphatic heterocycles. The smallest absolute Gasteiger partial charge is 0.143 e. The first kappa shape index (κ1) is 25.9. The van der Waals surface area contributed by atoms with Crippen molar-refractivity contribution in [1.29, 1.82) is 0 Å². The molecule has 1 aliphatic rings. The second-order valence-corrected chi connectivity index (χ2v) is 14.0. The molecule has 0 N–H and O–H groups in total. The molecule has 2 nitrogen and oxygen atoms in total. The van der Waals surface area contributed by atoms with Crippen molar-refractivity contribution in [2.45, 2.75) is 19.3 Å². The summed E-state index contributed by atoms with van der Waals surface area (Å²) in [5, 5.41) is 7.22. The second kappa shape index (κ2) is 9.32. The minimum Gasteiger partial charge on any atom is -0.455 e. The Morgan fingerprint density at radius 3 is 2.07 bits per heavy atom. The van der Waals surface area contributed by atoms with Crippen LogP contribution in [0.15, 0.2) is 144 Å². The molecular formula is C43H29NOS. The zero-order valence-corrected chi connectivity index (χ0v) is 26.4. The highest BCUT2D eigenvalue weighted by Crippen LogP contribution is 2.51. The zero-order chi connectivity index (χ0) is 30.6. The molecule has 9 aromatic rings. The Morgan fingerprint density at radius 2 is 1.15 bits per heavy atom. The molecule has 0 amide bonds. The Morgan fingerprint density at radius 1 is 0.500 bits per heavy atom. The van der Waals surface area contributed by atoms with Gasteiger partial charge in [-0.15, -0.1) is 11.3 Å². The molecule has 0 saturated heterocycles. The van der Waals surface area contributed by atoms with Crippen LogP contribution in [0.3, 0.4) is 0 Å². The van der Waals surface area contributed by atoms with Crippen molar-refractivity contribution in [2.24, 2.45) is 0 Å². The number of thiophene rings is 1. The van der Waals surface area contributed by atoms with E-state index < -0.39 is 0 Å². The molecule has 2 aromatic heterocycles. The lowest BCUT2D eigenvalue weighted by Gasteiger charge is -2.28. The fourth-order valence-corrected chi connectivity index (χ4v) is 8.91. The van der Waals surface area contributed by atoms with E-state index in [1.54, 1.807) is 0 Å². The van der Waals surface area contributed by atoms with E-state index in [2.05, 4.69) is 152 Å². The predicted molar refractivity (Wildman–Crippen MR) is 196 cm³/mol. The Bertz CT molecular complexity index is 2690. The number of rotatable bonds is 3. The Labute approximate surface area is 270 Å². The Balaban J connectivity index is 1.19. The van der Waals surface area contributed by atoms with Crippen LogP contribution in [0, 0.1) is 0 Å². The van der Waals surface area contributed by atoms with Gasteiger partial charge in [-0.25, -0.2) is 0 Å². The monoisotopic (exact) mass is 607 g/mol. The minimum atomic E-state index is -0.0840. The number of benzene rings is 7. The van der Waals surface area contributed by atoms with Crippen LogP contribution < -0.4 is 4.90 Å². The van der Waals surface area contributed by atoms with Crippen LogP contribution in [-0.4, -0.2) is 0 Å². The van der Waals surface area contributed by atoms with Crippen LogP contribution in [0.1, 0.15) is 25.0 Å². The highest BCUT2D eigenvalue weighted by molar-refractivity contribution is 7.25. The summed E-state index contributed by atoms with van der Waals surface area (Å²) >= 11 is 1.86. The van der Waals surface area contributed by atoms with Gasteiger partial charge in [0.2, 0.25) is 0 Å². The lowest BCUT2D eigenvalue weighted by atomic mass is 9.82. The molecule has 3 heteroatoms. The molecular weight excluding hydrogens is 579 g/mol. The summed E-state index contributed by atoms with van der Waals surface area (Å²) in [4.78, 5) is 2.42. The minimum absolute atomic E-state index is 0.0840. The van der Waals surface area contributed by atoms with Gasteiger partial charge in [0.15, 0.2) is 0 Å². The van der Waals surface area contributed by atoms with Gasteiger partial charge in [-0.1, -0.05) is 92.7 Å². The fraction of sp³-hybridized carbons (Fsp3) is 0.0698. The molecule has 7 aromatic carbocycles. The number of hydrogen-bond acceptors (Lipinski definition) is 3. The quantitative estimate of drug-likeness (QED) is 0.199. The fourth-order valence-electron chi connectivity index (χ4n) is 7.77. The predicted octanol–water partition coefficient (Wildman–Crippen LogP) is 12.9. The second-order valence-electron chi connectivity index (χ2n) is 13.0. The van der Waals surface area contributed by atoms with E-state index >= 15 is 0 Å². The molecule has 218 valence electrons. The van der Waals surface area contributed by atoms with E-state index in [1.807, 2.05) is 17.4 Å². The third-order valence-electron chi connectivity index (χ3n) is 10.0. The van der Waals surface area contributed by atoms with Gasteiger partial charge in [0.25, 0.3) is 0 Å². The molecule has 0 spiro atoms. The number of para-hydroxylation sites is 1. The maximum atomic E-state index is 6.40. The summed E-state index contributed by atoms with van der Waals surface area (Å²) < 4.78 is 9.02. The van der Waals surface area contributed by atoms with Crippen molar-refractivity contribution in [3.8, 4) is 11.1 Å². The van der Waals surface area contributed by atoms with Crippen molar-refractivity contribution in [1.82, 2.24) is 0 Å². The van der Waals surface area contributed by atoms with Crippen LogP contribution in [0.2, 0.25) is 0 Å². The van der Waals surface area contributed by atoms with Crippen molar-refractivity contribution in [3.05, 3.63) is 151 Å². The van der Waals surface area contributed by atoms with Gasteiger partial charge in [0, 0.05) is 58.8 Å². The third kappa shape index (κ3) is 3.58. The maximum absolute atomic E-state index is 6.40. The molecule has 46 heavy (non-hydrogen) atoms. The summed E-state index contributed by atoms with van der Waals surface area (Å²) in [6.07, 6.45) is 0. The first-order valence-corrected chi connectivity index (χ1v) is 16.7. The van der Waals surface area contributed by atoms with E-state index in [0.29, 0.717) is 0 Å². The molecule has 2 heterocycles. The largest absolute Gasteiger partial charge is 0.455 e. The first-order chi connectivity index (χ1) is 22.5. The van der Waals surface area contributed by atoms with E-state index in [9.17, 15) is 0 Å². The van der Waals surface area contributed by atoms with Gasteiger partial charge in [-0.2, -0.15) is 0 Å². The van der Waals surface area contributed by atoms with Crippen LogP contribution in [0.5, 0.6) is 0 Å². The van der Waals surface area contributed by atoms with Gasteiger partial charge in [0.1, 0.15) is 11.2 Å². The average molecular weight is 608 g/mol. The Hall–Kier alpha value is -5.38. The Kier molecular flexibility index (Phi) is 5.25. The van der Waals surface area contributed by atoms with E-state index in [1.165, 1.54) is 42.4 Å². The number of nitrogens with zero attached hydrogens (tertiary/aromatic N) is 1. The molecule has 0 fully saturated rings. The topological polar surface area (TPSA) is 16.4 Å². The van der Waals surface area contributed by atoms with Crippen LogP contribution in [0.25, 0.3) is 64.0 Å². The van der Waals surface area contributed by atoms with Crippen LogP contribution >= 0.6 is 11.3 Å². The number of furan rings is 1.